The molecule has 2 bridgehead atoms. The van der Waals surface area contributed by atoms with Gasteiger partial charge >= 0.3 is 0 Å². The number of ketones is 1. The average molecular weight is 438 g/mol. The van der Waals surface area contributed by atoms with Gasteiger partial charge in [0.2, 0.25) is 0 Å². The van der Waals surface area contributed by atoms with Crippen molar-refractivity contribution in [2.24, 2.45) is 10.3 Å². The number of Topliss-reactive ketones (excluding diaryl/α,β-unsaturated/α-hetero) is 1. The fraction of sp³-hybridized carbons (Fsp3) is 0.345. The number of carbonyl (C=O) groups is 1. The SMILES string of the molecule is CCC[C@@]12C(=O)[C@@](C)(N=NN1CCc1ccccc1)[C@H](c1ccccc1)[C@H]2c1ccccc1. The van der Waals surface area contributed by atoms with E-state index in [0.717, 1.165) is 24.8 Å². The van der Waals surface area contributed by atoms with Gasteiger partial charge in [0.15, 0.2) is 5.78 Å². The van der Waals surface area contributed by atoms with Gasteiger partial charge in [0.05, 0.1) is 0 Å². The smallest absolute Gasteiger partial charge is 0.190 e. The van der Waals surface area contributed by atoms with E-state index in [-0.39, 0.29) is 17.6 Å². The number of nitrogens with zero attached hydrogens (tertiary/aromatic N) is 3. The lowest BCUT2D eigenvalue weighted by molar-refractivity contribution is -0.136. The molecule has 3 aromatic carbocycles. The van der Waals surface area contributed by atoms with Crippen LogP contribution in [0.5, 0.6) is 0 Å². The second-order valence-electron chi connectivity index (χ2n) is 9.48. The van der Waals surface area contributed by atoms with E-state index in [1.165, 1.54) is 11.1 Å². The first-order chi connectivity index (χ1) is 16.1. The third kappa shape index (κ3) is 3.40. The van der Waals surface area contributed by atoms with Gasteiger partial charge in [0, 0.05) is 18.4 Å². The predicted molar refractivity (Wildman–Crippen MR) is 131 cm³/mol. The van der Waals surface area contributed by atoms with Gasteiger partial charge < -0.3 is 0 Å². The van der Waals surface area contributed by atoms with E-state index in [0.29, 0.717) is 6.54 Å². The van der Waals surface area contributed by atoms with E-state index in [1.807, 2.05) is 30.1 Å². The average Bonchev–Trinajstić information content (AvgIpc) is 2.98. The van der Waals surface area contributed by atoms with Gasteiger partial charge in [0.1, 0.15) is 11.1 Å². The lowest BCUT2D eigenvalue weighted by Gasteiger charge is -2.43. The van der Waals surface area contributed by atoms with Crippen LogP contribution in [-0.2, 0) is 11.2 Å². The Labute approximate surface area is 196 Å². The van der Waals surface area contributed by atoms with Crippen molar-refractivity contribution in [3.63, 3.8) is 0 Å². The molecule has 0 saturated heterocycles. The summed E-state index contributed by atoms with van der Waals surface area (Å²) in [5.74, 6) is 0.123. The van der Waals surface area contributed by atoms with Crippen molar-refractivity contribution in [1.82, 2.24) is 5.01 Å². The number of hydrogen-bond acceptors (Lipinski definition) is 4. The van der Waals surface area contributed by atoms with Crippen LogP contribution in [0.25, 0.3) is 0 Å². The number of fused-ring (bicyclic) bond motifs is 2. The molecule has 1 fully saturated rings. The summed E-state index contributed by atoms with van der Waals surface area (Å²) < 4.78 is 0. The molecule has 5 rings (SSSR count). The topological polar surface area (TPSA) is 45.0 Å². The van der Waals surface area contributed by atoms with Crippen LogP contribution in [-0.4, -0.2) is 28.4 Å². The predicted octanol–water partition coefficient (Wildman–Crippen LogP) is 6.36. The summed E-state index contributed by atoms with van der Waals surface area (Å²) >= 11 is 0. The van der Waals surface area contributed by atoms with Crippen molar-refractivity contribution < 1.29 is 4.79 Å². The maximum absolute atomic E-state index is 14.4. The molecule has 0 amide bonds. The van der Waals surface area contributed by atoms with Crippen LogP contribution < -0.4 is 0 Å². The fourth-order valence-electron chi connectivity index (χ4n) is 6.14. The molecule has 0 aromatic heterocycles. The minimum atomic E-state index is -0.875. The molecular formula is C29H31N3O. The molecule has 0 N–H and O–H groups in total. The van der Waals surface area contributed by atoms with Crippen molar-refractivity contribution in [3.05, 3.63) is 108 Å². The van der Waals surface area contributed by atoms with E-state index in [1.54, 1.807) is 0 Å². The molecule has 0 unspecified atom stereocenters. The zero-order valence-corrected chi connectivity index (χ0v) is 19.4. The number of benzene rings is 3. The first-order valence-electron chi connectivity index (χ1n) is 12.0. The van der Waals surface area contributed by atoms with Gasteiger partial charge in [-0.1, -0.05) is 110 Å². The van der Waals surface area contributed by atoms with Crippen LogP contribution in [0.2, 0.25) is 0 Å². The second-order valence-corrected chi connectivity index (χ2v) is 9.48. The molecule has 0 spiro atoms. The van der Waals surface area contributed by atoms with Gasteiger partial charge in [-0.15, -0.1) is 0 Å². The van der Waals surface area contributed by atoms with Gasteiger partial charge in [-0.25, -0.2) is 0 Å². The molecule has 168 valence electrons. The first kappa shape index (κ1) is 21.6. The van der Waals surface area contributed by atoms with Crippen LogP contribution in [0.4, 0.5) is 0 Å². The molecule has 4 heteroatoms. The standard InChI is InChI=1S/C29H31N3O/c1-3-20-29-26(24-17-11-6-12-18-24)25(23-15-9-5-10-16-23)28(2,27(29)33)30-31-32(29)21-19-22-13-7-4-8-14-22/h4-18,25-26H,3,19-21H2,1-2H3/t25-,26-,28+,29-/m1/s1. The molecule has 1 heterocycles. The minimum absolute atomic E-state index is 0.0238. The summed E-state index contributed by atoms with van der Waals surface area (Å²) in [6, 6.07) is 31.4. The summed E-state index contributed by atoms with van der Waals surface area (Å²) in [5.41, 5.74) is 2.01. The van der Waals surface area contributed by atoms with Gasteiger partial charge in [-0.05, 0) is 36.5 Å². The van der Waals surface area contributed by atoms with Crippen molar-refractivity contribution in [1.29, 1.82) is 0 Å². The molecular weight excluding hydrogens is 406 g/mol. The summed E-state index contributed by atoms with van der Waals surface area (Å²) in [7, 11) is 0. The lowest BCUT2D eigenvalue weighted by Crippen LogP contribution is -2.58. The van der Waals surface area contributed by atoms with Crippen molar-refractivity contribution >= 4 is 5.78 Å². The number of carbonyl (C=O) groups excluding carboxylic acids is 1. The Morgan fingerprint density at radius 1 is 0.818 bits per heavy atom. The Bertz CT molecular complexity index is 1130. The molecule has 3 aromatic rings. The highest BCUT2D eigenvalue weighted by Crippen LogP contribution is 2.62. The summed E-state index contributed by atoms with van der Waals surface area (Å²) in [5, 5.41) is 11.6. The van der Waals surface area contributed by atoms with Crippen LogP contribution in [0.3, 0.4) is 0 Å². The minimum Gasteiger partial charge on any atom is -0.294 e. The molecule has 1 aliphatic carbocycles. The molecule has 4 nitrogen and oxygen atoms in total. The highest BCUT2D eigenvalue weighted by Gasteiger charge is 2.71. The Kier molecular flexibility index (Phi) is 5.61. The van der Waals surface area contributed by atoms with E-state index in [9.17, 15) is 4.79 Å². The molecule has 2 aliphatic rings. The van der Waals surface area contributed by atoms with E-state index in [4.69, 9.17) is 10.3 Å². The van der Waals surface area contributed by atoms with Crippen molar-refractivity contribution in [3.8, 4) is 0 Å². The Hall–Kier alpha value is -3.27. The lowest BCUT2D eigenvalue weighted by atomic mass is 9.72. The summed E-state index contributed by atoms with van der Waals surface area (Å²) in [6.07, 6.45) is 2.50. The van der Waals surface area contributed by atoms with Crippen LogP contribution in [0.15, 0.2) is 101 Å². The van der Waals surface area contributed by atoms with E-state index in [2.05, 4.69) is 79.7 Å². The number of hydrogen-bond donors (Lipinski definition) is 0. The molecule has 1 aliphatic heterocycles. The molecule has 1 saturated carbocycles. The third-order valence-electron chi connectivity index (χ3n) is 7.53. The van der Waals surface area contributed by atoms with Gasteiger partial charge in [-0.3, -0.25) is 9.80 Å². The Balaban J connectivity index is 1.66. The number of rotatable bonds is 7. The van der Waals surface area contributed by atoms with Crippen molar-refractivity contribution in [2.75, 3.05) is 6.54 Å². The van der Waals surface area contributed by atoms with Crippen molar-refractivity contribution in [2.45, 2.75) is 56.0 Å². The highest BCUT2D eigenvalue weighted by atomic mass is 16.1. The summed E-state index contributed by atoms with van der Waals surface area (Å²) in [6.45, 7) is 4.83. The highest BCUT2D eigenvalue weighted by molar-refractivity contribution is 6.02. The monoisotopic (exact) mass is 437 g/mol. The normalized spacial score (nSPS) is 28.3. The van der Waals surface area contributed by atoms with Crippen LogP contribution >= 0.6 is 0 Å². The quantitative estimate of drug-likeness (QED) is 0.432. The van der Waals surface area contributed by atoms with Gasteiger partial charge in [0.25, 0.3) is 0 Å². The van der Waals surface area contributed by atoms with E-state index < -0.39 is 11.1 Å². The third-order valence-corrected chi connectivity index (χ3v) is 7.53. The maximum atomic E-state index is 14.4. The first-order valence-corrected chi connectivity index (χ1v) is 12.0. The molecule has 4 atom stereocenters. The Morgan fingerprint density at radius 3 is 1.94 bits per heavy atom. The maximum Gasteiger partial charge on any atom is 0.190 e. The van der Waals surface area contributed by atoms with E-state index >= 15 is 0 Å². The van der Waals surface area contributed by atoms with Crippen LogP contribution in [0.1, 0.15) is 55.2 Å². The zero-order chi connectivity index (χ0) is 22.9. The van der Waals surface area contributed by atoms with Gasteiger partial charge in [-0.2, -0.15) is 5.11 Å². The molecule has 33 heavy (non-hydrogen) atoms. The zero-order valence-electron chi connectivity index (χ0n) is 19.4. The largest absolute Gasteiger partial charge is 0.294 e. The van der Waals surface area contributed by atoms with Crippen LogP contribution in [0, 0.1) is 0 Å². The fourth-order valence-corrected chi connectivity index (χ4v) is 6.14. The Morgan fingerprint density at radius 2 is 1.36 bits per heavy atom. The summed E-state index contributed by atoms with van der Waals surface area (Å²) in [4.78, 5) is 14.4. The second kappa shape index (κ2) is 8.58. The molecule has 0 radical (unpaired) electrons.